The van der Waals surface area contributed by atoms with Crippen molar-refractivity contribution in [1.82, 2.24) is 0 Å². The molecule has 0 radical (unpaired) electrons. The van der Waals surface area contributed by atoms with Crippen molar-refractivity contribution in [3.05, 3.63) is 23.3 Å². The molecule has 16 heavy (non-hydrogen) atoms. The van der Waals surface area contributed by atoms with Crippen molar-refractivity contribution in [3.63, 3.8) is 0 Å². The summed E-state index contributed by atoms with van der Waals surface area (Å²) in [5.74, 6) is 0.610. The standard InChI is InChI=1S/C10H4Cl2N2O2/c11-10(12)5-15-8-1-6(3-13)7(4-14)2-9(8)16-10/h1-2H,5H2. The van der Waals surface area contributed by atoms with E-state index in [0.29, 0.717) is 5.75 Å². The number of alkyl halides is 2. The highest BCUT2D eigenvalue weighted by molar-refractivity contribution is 6.47. The van der Waals surface area contributed by atoms with Crippen molar-refractivity contribution in [1.29, 1.82) is 10.5 Å². The van der Waals surface area contributed by atoms with Crippen LogP contribution in [-0.4, -0.2) is 11.1 Å². The van der Waals surface area contributed by atoms with Crippen LogP contribution in [-0.2, 0) is 0 Å². The van der Waals surface area contributed by atoms with Crippen LogP contribution >= 0.6 is 23.2 Å². The first-order valence-electron chi connectivity index (χ1n) is 4.23. The fourth-order valence-electron chi connectivity index (χ4n) is 1.29. The summed E-state index contributed by atoms with van der Waals surface area (Å²) in [6.45, 7) is -0.0418. The third-order valence-corrected chi connectivity index (χ3v) is 2.35. The summed E-state index contributed by atoms with van der Waals surface area (Å²) in [7, 11) is 0. The number of nitrogens with zero attached hydrogens (tertiary/aromatic N) is 2. The quantitative estimate of drug-likeness (QED) is 0.667. The molecule has 0 amide bonds. The zero-order valence-corrected chi connectivity index (χ0v) is 9.34. The fraction of sp³-hybridized carbons (Fsp3) is 0.200. The third kappa shape index (κ3) is 1.86. The van der Waals surface area contributed by atoms with E-state index in [1.165, 1.54) is 12.1 Å². The summed E-state index contributed by atoms with van der Waals surface area (Å²) >= 11 is 11.5. The molecule has 6 heteroatoms. The van der Waals surface area contributed by atoms with Crippen molar-refractivity contribution in [3.8, 4) is 23.6 Å². The van der Waals surface area contributed by atoms with Crippen LogP contribution in [0.4, 0.5) is 0 Å². The van der Waals surface area contributed by atoms with Crippen molar-refractivity contribution in [2.24, 2.45) is 0 Å². The molecule has 0 atom stereocenters. The first-order valence-corrected chi connectivity index (χ1v) is 4.99. The van der Waals surface area contributed by atoms with Gasteiger partial charge < -0.3 is 9.47 Å². The van der Waals surface area contributed by atoms with E-state index in [-0.39, 0.29) is 23.5 Å². The molecule has 1 heterocycles. The Kier molecular flexibility index (Phi) is 2.55. The van der Waals surface area contributed by atoms with Gasteiger partial charge in [-0.3, -0.25) is 0 Å². The maximum Gasteiger partial charge on any atom is 0.292 e. The van der Waals surface area contributed by atoms with Crippen LogP contribution in [0, 0.1) is 22.7 Å². The molecule has 1 aromatic carbocycles. The van der Waals surface area contributed by atoms with Gasteiger partial charge in [0.05, 0.1) is 11.1 Å². The molecular weight excluding hydrogens is 251 g/mol. The minimum Gasteiger partial charge on any atom is -0.483 e. The van der Waals surface area contributed by atoms with E-state index in [1.807, 2.05) is 12.1 Å². The van der Waals surface area contributed by atoms with Crippen LogP contribution in [0.5, 0.6) is 11.5 Å². The van der Waals surface area contributed by atoms with Gasteiger partial charge in [0.15, 0.2) is 18.1 Å². The number of hydrogen-bond donors (Lipinski definition) is 0. The Morgan fingerprint density at radius 1 is 1.12 bits per heavy atom. The lowest BCUT2D eigenvalue weighted by Crippen LogP contribution is -2.33. The smallest absolute Gasteiger partial charge is 0.292 e. The average molecular weight is 255 g/mol. The first-order chi connectivity index (χ1) is 7.55. The SMILES string of the molecule is N#Cc1cc2c(cc1C#N)OC(Cl)(Cl)CO2. The van der Waals surface area contributed by atoms with E-state index < -0.39 is 4.52 Å². The van der Waals surface area contributed by atoms with Gasteiger partial charge in [-0.05, 0) is 0 Å². The summed E-state index contributed by atoms with van der Waals surface area (Å²) in [6.07, 6.45) is 0. The van der Waals surface area contributed by atoms with Crippen molar-refractivity contribution in [2.75, 3.05) is 6.61 Å². The molecule has 1 aromatic rings. The van der Waals surface area contributed by atoms with E-state index in [0.717, 1.165) is 0 Å². The van der Waals surface area contributed by atoms with Crippen LogP contribution in [0.25, 0.3) is 0 Å². The van der Waals surface area contributed by atoms with Gasteiger partial charge in [0.25, 0.3) is 4.52 Å². The Hall–Kier alpha value is -1.62. The molecule has 0 aromatic heterocycles. The van der Waals surface area contributed by atoms with Crippen LogP contribution in [0.3, 0.4) is 0 Å². The second kappa shape index (κ2) is 3.75. The topological polar surface area (TPSA) is 66.0 Å². The van der Waals surface area contributed by atoms with Crippen molar-refractivity contribution < 1.29 is 9.47 Å². The number of fused-ring (bicyclic) bond motifs is 1. The number of halogens is 2. The normalized spacial score (nSPS) is 16.0. The average Bonchev–Trinajstić information content (AvgIpc) is 2.26. The number of ether oxygens (including phenoxy) is 2. The molecule has 0 bridgehead atoms. The molecule has 80 valence electrons. The van der Waals surface area contributed by atoms with Gasteiger partial charge >= 0.3 is 0 Å². The van der Waals surface area contributed by atoms with Gasteiger partial charge in [-0.25, -0.2) is 0 Å². The highest BCUT2D eigenvalue weighted by atomic mass is 35.5. The predicted octanol–water partition coefficient (Wildman–Crippen LogP) is 2.33. The van der Waals surface area contributed by atoms with Crippen LogP contribution in [0.15, 0.2) is 12.1 Å². The van der Waals surface area contributed by atoms with Crippen LogP contribution in [0.2, 0.25) is 0 Å². The highest BCUT2D eigenvalue weighted by Crippen LogP contribution is 2.40. The largest absolute Gasteiger partial charge is 0.483 e. The van der Waals surface area contributed by atoms with Gasteiger partial charge in [0.1, 0.15) is 12.1 Å². The lowest BCUT2D eigenvalue weighted by molar-refractivity contribution is 0.116. The minimum atomic E-state index is -1.46. The Morgan fingerprint density at radius 3 is 2.25 bits per heavy atom. The second-order valence-corrected chi connectivity index (χ2v) is 4.51. The van der Waals surface area contributed by atoms with Crippen LogP contribution in [0.1, 0.15) is 11.1 Å². The monoisotopic (exact) mass is 254 g/mol. The Bertz CT molecular complexity index is 529. The second-order valence-electron chi connectivity index (χ2n) is 3.10. The molecule has 0 unspecified atom stereocenters. The molecule has 0 aliphatic carbocycles. The Morgan fingerprint density at radius 2 is 1.69 bits per heavy atom. The summed E-state index contributed by atoms with van der Waals surface area (Å²) in [5.41, 5.74) is 0.414. The van der Waals surface area contributed by atoms with Crippen molar-refractivity contribution >= 4 is 23.2 Å². The van der Waals surface area contributed by atoms with E-state index in [4.69, 9.17) is 43.2 Å². The number of benzene rings is 1. The summed E-state index contributed by atoms with van der Waals surface area (Å²) in [5, 5.41) is 17.6. The summed E-state index contributed by atoms with van der Waals surface area (Å²) < 4.78 is 8.97. The van der Waals surface area contributed by atoms with Crippen molar-refractivity contribution in [2.45, 2.75) is 4.52 Å². The minimum absolute atomic E-state index is 0.0418. The fourth-order valence-corrected chi connectivity index (χ4v) is 1.56. The molecule has 1 aliphatic heterocycles. The van der Waals surface area contributed by atoms with Crippen LogP contribution < -0.4 is 9.47 Å². The van der Waals surface area contributed by atoms with Gasteiger partial charge in [-0.15, -0.1) is 0 Å². The molecule has 4 nitrogen and oxygen atoms in total. The maximum atomic E-state index is 8.82. The van der Waals surface area contributed by atoms with E-state index in [1.54, 1.807) is 0 Å². The number of nitriles is 2. The molecule has 2 rings (SSSR count). The number of hydrogen-bond acceptors (Lipinski definition) is 4. The van der Waals surface area contributed by atoms with E-state index >= 15 is 0 Å². The van der Waals surface area contributed by atoms with E-state index in [2.05, 4.69) is 0 Å². The van der Waals surface area contributed by atoms with Gasteiger partial charge in [-0.1, -0.05) is 23.2 Å². The molecule has 0 N–H and O–H groups in total. The first kappa shape index (κ1) is 10.9. The molecule has 1 aliphatic rings. The predicted molar refractivity (Wildman–Crippen MR) is 56.4 cm³/mol. The lowest BCUT2D eigenvalue weighted by Gasteiger charge is -2.28. The highest BCUT2D eigenvalue weighted by Gasteiger charge is 2.34. The molecule has 0 spiro atoms. The molecule has 0 saturated heterocycles. The van der Waals surface area contributed by atoms with Gasteiger partial charge in [0.2, 0.25) is 0 Å². The molecule has 0 saturated carbocycles. The Balaban J connectivity index is 2.52. The zero-order valence-electron chi connectivity index (χ0n) is 7.83. The van der Waals surface area contributed by atoms with Gasteiger partial charge in [-0.2, -0.15) is 10.5 Å². The lowest BCUT2D eigenvalue weighted by atomic mass is 10.1. The summed E-state index contributed by atoms with van der Waals surface area (Å²) in [4.78, 5) is 0. The third-order valence-electron chi connectivity index (χ3n) is 1.98. The van der Waals surface area contributed by atoms with Gasteiger partial charge in [0, 0.05) is 12.1 Å². The molecule has 0 fully saturated rings. The Labute approximate surface area is 102 Å². The van der Waals surface area contributed by atoms with E-state index in [9.17, 15) is 0 Å². The summed E-state index contributed by atoms with van der Waals surface area (Å²) in [6, 6.07) is 6.58. The maximum absolute atomic E-state index is 8.82. The number of rotatable bonds is 0. The zero-order chi connectivity index (χ0) is 11.8. The molecular formula is C10H4Cl2N2O2.